The van der Waals surface area contributed by atoms with Crippen LogP contribution in [0, 0.1) is 52.3 Å². The van der Waals surface area contributed by atoms with Gasteiger partial charge in [-0.3, -0.25) is 4.79 Å². The summed E-state index contributed by atoms with van der Waals surface area (Å²) in [7, 11) is 0. The van der Waals surface area contributed by atoms with Crippen molar-refractivity contribution in [1.29, 1.82) is 0 Å². The van der Waals surface area contributed by atoms with Crippen molar-refractivity contribution >= 4 is 5.78 Å². The Bertz CT molecular complexity index is 1610. The molecule has 0 aromatic carbocycles. The highest BCUT2D eigenvalue weighted by Gasteiger charge is 2.70. The molecule has 26 atom stereocenters. The maximum atomic E-state index is 14.3. The summed E-state index contributed by atoms with van der Waals surface area (Å²) in [5.74, 6) is 1.07. The maximum absolute atomic E-state index is 14.3. The topological polar surface area (TPSA) is 293 Å². The maximum Gasteiger partial charge on any atom is 0.187 e. The van der Waals surface area contributed by atoms with Crippen LogP contribution in [-0.2, 0) is 42.7 Å². The third-order valence-electron chi connectivity index (χ3n) is 17.8. The lowest BCUT2D eigenvalue weighted by Gasteiger charge is -2.60. The van der Waals surface area contributed by atoms with Crippen molar-refractivity contribution in [2.24, 2.45) is 52.3 Å². The first kappa shape index (κ1) is 47.0. The number of ether oxygens (including phenoxy) is 8. The van der Waals surface area contributed by atoms with E-state index < -0.39 is 111 Å². The van der Waals surface area contributed by atoms with Crippen molar-refractivity contribution in [2.75, 3.05) is 33.0 Å². The third kappa shape index (κ3) is 7.88. The fourth-order valence-electron chi connectivity index (χ4n) is 14.2. The molecule has 9 aliphatic rings. The normalized spacial score (nSPS) is 57.0. The van der Waals surface area contributed by atoms with Crippen molar-refractivity contribution in [2.45, 2.75) is 183 Å². The molecule has 9 fully saturated rings. The molecule has 4 aliphatic carbocycles. The first-order chi connectivity index (χ1) is 29.9. The van der Waals surface area contributed by atoms with Gasteiger partial charge in [-0.25, -0.2) is 0 Å². The van der Waals surface area contributed by atoms with Crippen LogP contribution in [-0.4, -0.2) is 194 Å². The fraction of sp³-hybridized carbons (Fsp3) is 0.977. The summed E-state index contributed by atoms with van der Waals surface area (Å²) in [6.07, 6.45) is -15.1. The second-order valence-electron chi connectivity index (χ2n) is 21.0. The van der Waals surface area contributed by atoms with Gasteiger partial charge in [0, 0.05) is 37.2 Å². The molecule has 63 heavy (non-hydrogen) atoms. The summed E-state index contributed by atoms with van der Waals surface area (Å²) >= 11 is 0. The number of hydrogen-bond acceptors (Lipinski definition) is 19. The lowest BCUT2D eigenvalue weighted by atomic mass is 9.44. The standard InChI is InChI=1S/C44H70O19/c1-18-30-26(63-44(18)9-4-19(13-45)15-58-44)12-23-21-11-25(47)24-10-20(5-7-42(24,2)22(21)6-8-43(23,30)3)59-40-37(54)35(52)32(49)28(61-40)16-56-39-36(53)33(50)29(17-57-39)62-41-38(55)34(51)31(48)27(14-46)60-41/h18-24,26-41,45-46,48-55H,4-17H2,1-3H3. The van der Waals surface area contributed by atoms with Crippen LogP contribution in [0.2, 0.25) is 0 Å². The van der Waals surface area contributed by atoms with Crippen LogP contribution in [0.4, 0.5) is 0 Å². The number of aliphatic hydroxyl groups is 10. The predicted octanol–water partition coefficient (Wildman–Crippen LogP) is -1.94. The van der Waals surface area contributed by atoms with E-state index in [1.807, 2.05) is 0 Å². The summed E-state index contributed by atoms with van der Waals surface area (Å²) in [5.41, 5.74) is -0.203. The number of carbonyl (C=O) groups excluding carboxylic acids is 1. The smallest absolute Gasteiger partial charge is 0.187 e. The van der Waals surface area contributed by atoms with Gasteiger partial charge in [-0.15, -0.1) is 0 Å². The first-order valence-corrected chi connectivity index (χ1v) is 23.3. The van der Waals surface area contributed by atoms with Crippen molar-refractivity contribution in [1.82, 2.24) is 0 Å². The van der Waals surface area contributed by atoms with Crippen molar-refractivity contribution in [3.8, 4) is 0 Å². The van der Waals surface area contributed by atoms with Crippen LogP contribution in [0.3, 0.4) is 0 Å². The van der Waals surface area contributed by atoms with Gasteiger partial charge >= 0.3 is 0 Å². The van der Waals surface area contributed by atoms with Crippen LogP contribution in [0.5, 0.6) is 0 Å². The van der Waals surface area contributed by atoms with Gasteiger partial charge in [0.25, 0.3) is 0 Å². The molecule has 0 amide bonds. The van der Waals surface area contributed by atoms with Crippen LogP contribution in [0.1, 0.15) is 78.6 Å². The van der Waals surface area contributed by atoms with Crippen LogP contribution < -0.4 is 0 Å². The molecule has 0 radical (unpaired) electrons. The number of Topliss-reactive ketones (excluding diaryl/α,β-unsaturated/α-hetero) is 1. The minimum absolute atomic E-state index is 0.0327. The van der Waals surface area contributed by atoms with E-state index in [9.17, 15) is 55.9 Å². The molecule has 5 saturated heterocycles. The molecule has 4 saturated carbocycles. The number of fused-ring (bicyclic) bond motifs is 7. The van der Waals surface area contributed by atoms with Gasteiger partial charge in [0.1, 0.15) is 72.9 Å². The van der Waals surface area contributed by atoms with Gasteiger partial charge in [0.05, 0.1) is 38.6 Å². The highest BCUT2D eigenvalue weighted by molar-refractivity contribution is 5.83. The van der Waals surface area contributed by atoms with E-state index in [1.165, 1.54) is 0 Å². The lowest BCUT2D eigenvalue weighted by molar-refractivity contribution is -0.350. The molecule has 19 nitrogen and oxygen atoms in total. The first-order valence-electron chi connectivity index (χ1n) is 23.3. The van der Waals surface area contributed by atoms with E-state index in [4.69, 9.17) is 37.9 Å². The highest BCUT2D eigenvalue weighted by Crippen LogP contribution is 2.71. The van der Waals surface area contributed by atoms with E-state index in [2.05, 4.69) is 20.8 Å². The van der Waals surface area contributed by atoms with Gasteiger partial charge in [-0.05, 0) is 79.4 Å². The average molecular weight is 903 g/mol. The van der Waals surface area contributed by atoms with Gasteiger partial charge in [0.2, 0.25) is 0 Å². The minimum atomic E-state index is -1.74. The summed E-state index contributed by atoms with van der Waals surface area (Å²) in [5, 5.41) is 104. The predicted molar refractivity (Wildman–Crippen MR) is 211 cm³/mol. The molecule has 9 rings (SSSR count). The van der Waals surface area contributed by atoms with Crippen LogP contribution in [0.15, 0.2) is 0 Å². The molecule has 5 aliphatic heterocycles. The Morgan fingerprint density at radius 1 is 0.683 bits per heavy atom. The van der Waals surface area contributed by atoms with E-state index in [-0.39, 0.29) is 59.6 Å². The van der Waals surface area contributed by atoms with Crippen molar-refractivity contribution in [3.63, 3.8) is 0 Å². The Hall–Kier alpha value is -1.05. The minimum Gasteiger partial charge on any atom is -0.396 e. The quantitative estimate of drug-likeness (QED) is 0.113. The largest absolute Gasteiger partial charge is 0.396 e. The number of aliphatic hydroxyl groups excluding tert-OH is 10. The van der Waals surface area contributed by atoms with Gasteiger partial charge in [-0.2, -0.15) is 0 Å². The summed E-state index contributed by atoms with van der Waals surface area (Å²) < 4.78 is 47.8. The molecular formula is C44H70O19. The Morgan fingerprint density at radius 3 is 2.03 bits per heavy atom. The molecule has 1 spiro atoms. The van der Waals surface area contributed by atoms with Gasteiger partial charge in [0.15, 0.2) is 24.7 Å². The monoisotopic (exact) mass is 902 g/mol. The van der Waals surface area contributed by atoms with Crippen LogP contribution in [0.25, 0.3) is 0 Å². The average Bonchev–Trinajstić information content (AvgIpc) is 3.72. The molecule has 0 aromatic heterocycles. The van der Waals surface area contributed by atoms with Crippen molar-refractivity contribution < 1.29 is 93.8 Å². The fourth-order valence-corrected chi connectivity index (χ4v) is 14.2. The second kappa shape index (κ2) is 17.8. The number of ketones is 1. The van der Waals surface area contributed by atoms with Gasteiger partial charge < -0.3 is 89.0 Å². The Labute approximate surface area is 366 Å². The zero-order valence-electron chi connectivity index (χ0n) is 36.3. The summed E-state index contributed by atoms with van der Waals surface area (Å²) in [6, 6.07) is 0. The second-order valence-corrected chi connectivity index (χ2v) is 21.0. The Morgan fingerprint density at radius 2 is 1.35 bits per heavy atom. The van der Waals surface area contributed by atoms with E-state index >= 15 is 0 Å². The Kier molecular flexibility index (Phi) is 13.3. The molecule has 0 bridgehead atoms. The molecule has 19 heteroatoms. The molecule has 26 unspecified atom stereocenters. The molecular weight excluding hydrogens is 832 g/mol. The summed E-state index contributed by atoms with van der Waals surface area (Å²) in [6.45, 7) is 6.07. The van der Waals surface area contributed by atoms with E-state index in [0.29, 0.717) is 43.6 Å². The SMILES string of the molecule is CC1C2C(CC3C4CC(=O)C5CC(OC6OC(COC7OCC(OC8OC(CO)C(O)C(O)C8O)C(O)C7O)C(O)C(O)C6O)CCC5(C)C4CCC32C)OC12CCC(CO)CO2. The highest BCUT2D eigenvalue weighted by atomic mass is 16.8. The zero-order valence-corrected chi connectivity index (χ0v) is 36.3. The summed E-state index contributed by atoms with van der Waals surface area (Å²) in [4.78, 5) is 14.3. The molecule has 5 heterocycles. The zero-order chi connectivity index (χ0) is 44.9. The van der Waals surface area contributed by atoms with Gasteiger partial charge in [-0.1, -0.05) is 20.8 Å². The third-order valence-corrected chi connectivity index (χ3v) is 17.8. The lowest BCUT2D eigenvalue weighted by Crippen LogP contribution is -2.63. The van der Waals surface area contributed by atoms with E-state index in [0.717, 1.165) is 38.5 Å². The molecule has 360 valence electrons. The van der Waals surface area contributed by atoms with Crippen molar-refractivity contribution in [3.05, 3.63) is 0 Å². The van der Waals surface area contributed by atoms with E-state index in [1.54, 1.807) is 0 Å². The number of rotatable bonds is 9. The molecule has 10 N–H and O–H groups in total. The van der Waals surface area contributed by atoms with Crippen LogP contribution >= 0.6 is 0 Å². The Balaban J connectivity index is 0.790. The number of hydrogen-bond donors (Lipinski definition) is 10. The molecule has 0 aromatic rings. The number of carbonyl (C=O) groups is 1.